The number of ether oxygens (including phenoxy) is 2. The number of carbonyl (C=O) groups is 4. The number of rotatable bonds is 19. The molecule has 26 nitrogen and oxygen atoms in total. The Morgan fingerprint density at radius 2 is 0.939 bits per heavy atom. The number of aromatic nitrogens is 2. The molecule has 524 valence electrons. The first kappa shape index (κ1) is 75.5. The second-order valence-electron chi connectivity index (χ2n) is 25.4. The van der Waals surface area contributed by atoms with E-state index in [1.54, 1.807) is 78.2 Å². The second kappa shape index (κ2) is 34.0. The standard InChI is InChI=1S/C34H38N6O7S2.C27H35N5O3S2.C7H4ClNO4/c1-34(2,3)39-49(45,46)30-19-25(37-32(41)36-20-22-7-5-4-6-8-22)13-18-28(30)29-21-35-31(48-29)23-9-11-24(12-10-23)38-33(42)47-27-16-14-26(15-17-27)40(43)44;1-27(2,3)32-37(34,35)24-15-21(31-26(33)30-16-18-7-5-4-6-8-18)13-14-22(24)23-17-29-25(36-23)19-9-11-20(28)12-10-19;8-7(10)13-6-3-1-5(2-4-6)9(11)12/h4-8,13-19,21,23-24,39H,9-12,20H2,1-3H3,(H,38,42)(H2,36,37,41);4-8,13-15,17,19-20,32H,9-12,16,28H2,1-3H3,(H2,30,31,33);1-4H. The molecule has 0 bridgehead atoms. The Kier molecular flexibility index (Phi) is 25.9. The molecule has 99 heavy (non-hydrogen) atoms. The minimum atomic E-state index is -4.00. The number of carbonyl (C=O) groups excluding carboxylic acids is 4. The van der Waals surface area contributed by atoms with Gasteiger partial charge >= 0.3 is 23.6 Å². The van der Waals surface area contributed by atoms with Crippen molar-refractivity contribution in [3.63, 3.8) is 0 Å². The van der Waals surface area contributed by atoms with Crippen LogP contribution in [0.25, 0.3) is 20.9 Å². The number of benzene rings is 6. The molecule has 8 aromatic rings. The van der Waals surface area contributed by atoms with Crippen molar-refractivity contribution in [3.05, 3.63) is 199 Å². The molecule has 0 unspecified atom stereocenters. The van der Waals surface area contributed by atoms with Gasteiger partial charge in [-0.15, -0.1) is 22.7 Å². The number of sulfonamides is 2. The smallest absolute Gasteiger partial charge is 0.412 e. The van der Waals surface area contributed by atoms with Gasteiger partial charge < -0.3 is 41.8 Å². The molecule has 10 rings (SSSR count). The summed E-state index contributed by atoms with van der Waals surface area (Å²) in [4.78, 5) is 78.7. The minimum Gasteiger partial charge on any atom is -0.414 e. The Labute approximate surface area is 586 Å². The third kappa shape index (κ3) is 23.4. The fourth-order valence-corrected chi connectivity index (χ4v) is 16.4. The number of hydrogen-bond donors (Lipinski definition) is 8. The van der Waals surface area contributed by atoms with E-state index < -0.39 is 64.6 Å². The summed E-state index contributed by atoms with van der Waals surface area (Å²) in [6.45, 7) is 11.3. The fourth-order valence-electron chi connectivity index (χ4n) is 10.6. The lowest BCUT2D eigenvalue weighted by Crippen LogP contribution is -2.40. The quantitative estimate of drug-likeness (QED) is 0.0212. The Morgan fingerprint density at radius 3 is 1.31 bits per heavy atom. The summed E-state index contributed by atoms with van der Waals surface area (Å²) in [7, 11) is -7.89. The number of nitro groups is 2. The molecular formula is C68H77ClN12O14S4. The third-order valence-corrected chi connectivity index (χ3v) is 21.2. The third-order valence-electron chi connectivity index (χ3n) is 15.1. The molecule has 9 N–H and O–H groups in total. The van der Waals surface area contributed by atoms with Crippen molar-refractivity contribution < 1.29 is 55.3 Å². The molecule has 2 heterocycles. The number of anilines is 2. The van der Waals surface area contributed by atoms with Gasteiger partial charge in [0.25, 0.3) is 11.4 Å². The van der Waals surface area contributed by atoms with Crippen molar-refractivity contribution in [2.24, 2.45) is 5.73 Å². The largest absolute Gasteiger partial charge is 0.414 e. The summed E-state index contributed by atoms with van der Waals surface area (Å²) < 4.78 is 69.4. The van der Waals surface area contributed by atoms with E-state index in [9.17, 15) is 56.2 Å². The van der Waals surface area contributed by atoms with E-state index in [2.05, 4.69) is 50.7 Å². The first-order chi connectivity index (χ1) is 46.8. The van der Waals surface area contributed by atoms with E-state index >= 15 is 0 Å². The molecule has 6 aromatic carbocycles. The lowest BCUT2D eigenvalue weighted by atomic mass is 9.86. The van der Waals surface area contributed by atoms with Gasteiger partial charge in [0.2, 0.25) is 20.0 Å². The summed E-state index contributed by atoms with van der Waals surface area (Å²) >= 11 is 7.87. The topological polar surface area (TPSA) is 377 Å². The monoisotopic (exact) mass is 1450 g/mol. The van der Waals surface area contributed by atoms with Crippen LogP contribution in [0.2, 0.25) is 0 Å². The maximum Gasteiger partial charge on any atom is 0.412 e. The minimum absolute atomic E-state index is 0.0259. The average Bonchev–Trinajstić information content (AvgIpc) is 1.71. The van der Waals surface area contributed by atoms with Gasteiger partial charge in [0, 0.05) is 119 Å². The first-order valence-electron chi connectivity index (χ1n) is 31.4. The van der Waals surface area contributed by atoms with Gasteiger partial charge in [0.1, 0.15) is 11.5 Å². The van der Waals surface area contributed by atoms with Crippen molar-refractivity contribution in [2.75, 3.05) is 10.6 Å². The van der Waals surface area contributed by atoms with Gasteiger partial charge in [0.05, 0.1) is 39.4 Å². The van der Waals surface area contributed by atoms with Crippen LogP contribution in [0.1, 0.15) is 126 Å². The maximum atomic E-state index is 13.7. The molecule has 0 saturated heterocycles. The van der Waals surface area contributed by atoms with Gasteiger partial charge in [-0.2, -0.15) is 0 Å². The number of urea groups is 2. The highest BCUT2D eigenvalue weighted by Gasteiger charge is 2.32. The number of halogens is 1. The molecule has 2 aromatic heterocycles. The van der Waals surface area contributed by atoms with Crippen molar-refractivity contribution in [1.82, 2.24) is 35.4 Å². The van der Waals surface area contributed by atoms with Gasteiger partial charge in [0.15, 0.2) is 0 Å². The highest BCUT2D eigenvalue weighted by Crippen LogP contribution is 2.42. The normalized spacial score (nSPS) is 16.2. The lowest BCUT2D eigenvalue weighted by Gasteiger charge is -2.27. The van der Waals surface area contributed by atoms with Crippen LogP contribution in [0.4, 0.5) is 41.9 Å². The number of hydrogen-bond acceptors (Lipinski definition) is 19. The predicted octanol–water partition coefficient (Wildman–Crippen LogP) is 14.5. The molecule has 0 spiro atoms. The van der Waals surface area contributed by atoms with Crippen molar-refractivity contribution in [2.45, 2.75) is 151 Å². The van der Waals surface area contributed by atoms with Gasteiger partial charge in [-0.1, -0.05) is 72.8 Å². The summed E-state index contributed by atoms with van der Waals surface area (Å²) in [5.41, 5.74) is 7.13. The SMILES string of the molecule is CC(C)(C)NS(=O)(=O)c1cc(NC(=O)NCc2ccccc2)ccc1-c1cnc(C2CCC(N)CC2)s1.CC(C)(C)NS(=O)(=O)c1cc(NC(=O)NCc2ccccc2)ccc1-c1cnc(C2CCC(NC(=O)Oc3ccc([N+](=O)[O-])cc3)CC2)s1.O=C(Cl)Oc1ccc([N+](=O)[O-])cc1. The van der Waals surface area contributed by atoms with Gasteiger partial charge in [-0.25, -0.2) is 55.4 Å². The Balaban J connectivity index is 0.000000219. The van der Waals surface area contributed by atoms with Crippen molar-refractivity contribution in [1.29, 1.82) is 0 Å². The van der Waals surface area contributed by atoms with Crippen molar-refractivity contribution >= 4 is 101 Å². The van der Waals surface area contributed by atoms with Crippen LogP contribution < -0.4 is 51.2 Å². The Bertz CT molecular complexity index is 4350. The van der Waals surface area contributed by atoms with Crippen LogP contribution in [0.15, 0.2) is 168 Å². The maximum absolute atomic E-state index is 13.7. The van der Waals surface area contributed by atoms with Crippen LogP contribution in [0, 0.1) is 20.2 Å². The highest BCUT2D eigenvalue weighted by atomic mass is 35.5. The number of thiazole rings is 2. The zero-order valence-corrected chi connectivity index (χ0v) is 59.0. The molecule has 0 atom stereocenters. The molecule has 2 aliphatic rings. The summed E-state index contributed by atoms with van der Waals surface area (Å²) in [5, 5.41) is 36.9. The van der Waals surface area contributed by atoms with Gasteiger partial charge in [-0.3, -0.25) is 20.2 Å². The lowest BCUT2D eigenvalue weighted by molar-refractivity contribution is -0.385. The number of nitrogens with one attached hydrogen (secondary N) is 7. The van der Waals surface area contributed by atoms with Gasteiger partial charge in [-0.05, 0) is 153 Å². The molecule has 0 radical (unpaired) electrons. The fraction of sp³-hybridized carbons (Fsp3) is 0.324. The molecule has 2 fully saturated rings. The average molecular weight is 1450 g/mol. The Morgan fingerprint density at radius 1 is 0.556 bits per heavy atom. The van der Waals surface area contributed by atoms with E-state index in [0.717, 1.165) is 64.5 Å². The van der Waals surface area contributed by atoms with Crippen molar-refractivity contribution in [3.8, 4) is 32.4 Å². The van der Waals surface area contributed by atoms with E-state index in [1.165, 1.54) is 83.3 Å². The molecule has 5 amide bonds. The predicted molar refractivity (Wildman–Crippen MR) is 381 cm³/mol. The molecule has 0 aliphatic heterocycles. The summed E-state index contributed by atoms with van der Waals surface area (Å²) in [5.74, 6) is 0.858. The zero-order chi connectivity index (χ0) is 71.7. The van der Waals surface area contributed by atoms with E-state index in [1.807, 2.05) is 60.7 Å². The molecule has 31 heteroatoms. The number of non-ortho nitro benzene ring substituents is 2. The molecule has 2 aliphatic carbocycles. The number of nitro benzene ring substituents is 2. The second-order valence-corrected chi connectivity index (χ2v) is 31.1. The van der Waals surface area contributed by atoms with E-state index in [-0.39, 0.29) is 50.7 Å². The molecule has 2 saturated carbocycles. The van der Waals surface area contributed by atoms with Crippen LogP contribution >= 0.6 is 34.3 Å². The molecular weight excluding hydrogens is 1370 g/mol. The number of nitrogens with zero attached hydrogens (tertiary/aromatic N) is 4. The highest BCUT2D eigenvalue weighted by molar-refractivity contribution is 7.90. The van der Waals surface area contributed by atoms with E-state index in [4.69, 9.17) is 22.1 Å². The zero-order valence-electron chi connectivity index (χ0n) is 55.0. The van der Waals surface area contributed by atoms with Crippen LogP contribution in [0.5, 0.6) is 11.5 Å². The Hall–Kier alpha value is -9.27. The van der Waals surface area contributed by atoms with Crippen LogP contribution in [-0.2, 0) is 33.1 Å². The summed E-state index contributed by atoms with van der Waals surface area (Å²) in [6.07, 6.45) is 9.63. The van der Waals surface area contributed by atoms with Crippen LogP contribution in [0.3, 0.4) is 0 Å². The van der Waals surface area contributed by atoms with Crippen LogP contribution in [-0.4, -0.2) is 83.4 Å². The van der Waals surface area contributed by atoms with E-state index in [0.29, 0.717) is 59.2 Å². The summed E-state index contributed by atoms with van der Waals surface area (Å²) in [6, 6.07) is 38.3. The first-order valence-corrected chi connectivity index (χ1v) is 36.4. The number of nitrogens with two attached hydrogens (primary N) is 1. The number of amides is 5.